The van der Waals surface area contributed by atoms with Gasteiger partial charge in [0.05, 0.1) is 13.1 Å². The number of carbonyl (C=O) groups excluding carboxylic acids is 1. The van der Waals surface area contributed by atoms with E-state index in [4.69, 9.17) is 9.15 Å². The predicted octanol–water partition coefficient (Wildman–Crippen LogP) is 2.09. The Morgan fingerprint density at radius 1 is 1.17 bits per heavy atom. The molecule has 1 aliphatic rings. The molecule has 120 valence electrons. The van der Waals surface area contributed by atoms with E-state index in [1.807, 2.05) is 18.2 Å². The molecule has 1 amide bonds. The lowest BCUT2D eigenvalue weighted by Gasteiger charge is -2.38. The molecule has 0 atom stereocenters. The maximum Gasteiger partial charge on any atom is 0.349 e. The molecule has 0 spiro atoms. The van der Waals surface area contributed by atoms with Gasteiger partial charge in [0.15, 0.2) is 0 Å². The van der Waals surface area contributed by atoms with Gasteiger partial charge in [-0.05, 0) is 18.2 Å². The van der Waals surface area contributed by atoms with Crippen molar-refractivity contribution in [3.63, 3.8) is 0 Å². The van der Waals surface area contributed by atoms with Gasteiger partial charge in [0.2, 0.25) is 5.88 Å². The van der Waals surface area contributed by atoms with E-state index in [0.717, 1.165) is 5.39 Å². The number of aromatic nitrogens is 1. The molecule has 3 heterocycles. The van der Waals surface area contributed by atoms with Crippen LogP contribution in [0.4, 0.5) is 0 Å². The van der Waals surface area contributed by atoms with Crippen molar-refractivity contribution >= 4 is 16.9 Å². The van der Waals surface area contributed by atoms with Crippen LogP contribution in [0.5, 0.6) is 5.88 Å². The van der Waals surface area contributed by atoms with Crippen molar-refractivity contribution in [1.82, 2.24) is 9.88 Å². The molecular weight excluding hydrogens is 308 g/mol. The highest BCUT2D eigenvalue weighted by Gasteiger charge is 2.34. The van der Waals surface area contributed by atoms with E-state index in [0.29, 0.717) is 24.6 Å². The quantitative estimate of drug-likeness (QED) is 0.690. The zero-order chi connectivity index (χ0) is 16.5. The predicted molar refractivity (Wildman–Crippen MR) is 87.0 cm³/mol. The fourth-order valence-corrected chi connectivity index (χ4v) is 2.65. The lowest BCUT2D eigenvalue weighted by atomic mass is 10.1. The summed E-state index contributed by atoms with van der Waals surface area (Å²) in [6.07, 6.45) is 1.54. The Morgan fingerprint density at radius 3 is 2.75 bits per heavy atom. The first kappa shape index (κ1) is 14.4. The van der Waals surface area contributed by atoms with Crippen LogP contribution in [0, 0.1) is 0 Å². The van der Waals surface area contributed by atoms with E-state index in [1.54, 1.807) is 41.4 Å². The molecule has 6 nitrogen and oxygen atoms in total. The molecule has 1 saturated heterocycles. The number of rotatable bonds is 3. The van der Waals surface area contributed by atoms with Gasteiger partial charge in [-0.2, -0.15) is 0 Å². The van der Waals surface area contributed by atoms with Crippen LogP contribution < -0.4 is 10.4 Å². The largest absolute Gasteiger partial charge is 0.471 e. The standard InChI is InChI=1S/C18H14N2O4/c21-17(14-9-12-5-1-2-6-15(12)24-18(14)22)20-10-13(11-20)23-16-7-3-4-8-19-16/h1-9,13H,10-11H2. The smallest absolute Gasteiger partial charge is 0.349 e. The van der Waals surface area contributed by atoms with E-state index < -0.39 is 5.63 Å². The van der Waals surface area contributed by atoms with Crippen molar-refractivity contribution in [2.75, 3.05) is 13.1 Å². The van der Waals surface area contributed by atoms with Crippen molar-refractivity contribution in [2.45, 2.75) is 6.10 Å². The Hall–Kier alpha value is -3.15. The third kappa shape index (κ3) is 2.62. The molecule has 6 heteroatoms. The van der Waals surface area contributed by atoms with Crippen LogP contribution in [0.2, 0.25) is 0 Å². The summed E-state index contributed by atoms with van der Waals surface area (Å²) in [5.74, 6) is 0.190. The fourth-order valence-electron chi connectivity index (χ4n) is 2.65. The third-order valence-electron chi connectivity index (χ3n) is 3.93. The number of nitrogens with zero attached hydrogens (tertiary/aromatic N) is 2. The molecule has 0 saturated carbocycles. The molecule has 0 N–H and O–H groups in total. The molecule has 24 heavy (non-hydrogen) atoms. The lowest BCUT2D eigenvalue weighted by Crippen LogP contribution is -2.56. The number of likely N-dealkylation sites (tertiary alicyclic amines) is 1. The molecule has 0 bridgehead atoms. The van der Waals surface area contributed by atoms with Gasteiger partial charge >= 0.3 is 5.63 Å². The topological polar surface area (TPSA) is 72.6 Å². The number of hydrogen-bond acceptors (Lipinski definition) is 5. The van der Waals surface area contributed by atoms with Gasteiger partial charge in [-0.1, -0.05) is 24.3 Å². The SMILES string of the molecule is O=C(c1cc2ccccc2oc1=O)N1CC(Oc2ccccn2)C1. The molecule has 1 fully saturated rings. The highest BCUT2D eigenvalue weighted by Crippen LogP contribution is 2.19. The minimum absolute atomic E-state index is 0.0463. The second-order valence-corrected chi connectivity index (χ2v) is 5.60. The fraction of sp³-hybridized carbons (Fsp3) is 0.167. The number of carbonyl (C=O) groups is 1. The van der Waals surface area contributed by atoms with Crippen molar-refractivity contribution in [1.29, 1.82) is 0 Å². The van der Waals surface area contributed by atoms with Crippen LogP contribution in [0.3, 0.4) is 0 Å². The Kier molecular flexibility index (Phi) is 3.49. The second-order valence-electron chi connectivity index (χ2n) is 5.60. The second kappa shape index (κ2) is 5.81. The van der Waals surface area contributed by atoms with Gasteiger partial charge in [-0.3, -0.25) is 4.79 Å². The van der Waals surface area contributed by atoms with E-state index in [2.05, 4.69) is 4.98 Å². The van der Waals surface area contributed by atoms with E-state index >= 15 is 0 Å². The van der Waals surface area contributed by atoms with Gasteiger partial charge in [0.1, 0.15) is 17.3 Å². The first-order chi connectivity index (χ1) is 11.7. The molecule has 0 aliphatic carbocycles. The number of ether oxygens (including phenoxy) is 1. The molecule has 0 radical (unpaired) electrons. The van der Waals surface area contributed by atoms with Crippen LogP contribution in [0.1, 0.15) is 10.4 Å². The monoisotopic (exact) mass is 322 g/mol. The Balaban J connectivity index is 1.48. The van der Waals surface area contributed by atoms with Gasteiger partial charge in [-0.25, -0.2) is 9.78 Å². The first-order valence-corrected chi connectivity index (χ1v) is 7.60. The Labute approximate surface area is 137 Å². The molecule has 2 aromatic heterocycles. The Bertz CT molecular complexity index is 946. The average Bonchev–Trinajstić information content (AvgIpc) is 2.57. The maximum atomic E-state index is 12.5. The van der Waals surface area contributed by atoms with Gasteiger partial charge < -0.3 is 14.1 Å². The number of hydrogen-bond donors (Lipinski definition) is 0. The highest BCUT2D eigenvalue weighted by molar-refractivity contribution is 5.97. The molecule has 4 rings (SSSR count). The summed E-state index contributed by atoms with van der Waals surface area (Å²) in [7, 11) is 0. The summed E-state index contributed by atoms with van der Waals surface area (Å²) in [5, 5.41) is 0.724. The summed E-state index contributed by atoms with van der Waals surface area (Å²) in [5.41, 5.74) is -0.100. The van der Waals surface area contributed by atoms with Crippen molar-refractivity contribution in [3.8, 4) is 5.88 Å². The van der Waals surface area contributed by atoms with Crippen LogP contribution in [0.25, 0.3) is 11.0 Å². The maximum absolute atomic E-state index is 12.5. The minimum Gasteiger partial charge on any atom is -0.471 e. The Morgan fingerprint density at radius 2 is 1.96 bits per heavy atom. The third-order valence-corrected chi connectivity index (χ3v) is 3.93. The molecule has 0 unspecified atom stereocenters. The molecule has 3 aromatic rings. The van der Waals surface area contributed by atoms with Crippen molar-refractivity contribution in [3.05, 3.63) is 70.7 Å². The van der Waals surface area contributed by atoms with Crippen LogP contribution in [-0.4, -0.2) is 35.0 Å². The van der Waals surface area contributed by atoms with E-state index in [1.165, 1.54) is 0 Å². The summed E-state index contributed by atoms with van der Waals surface area (Å²) in [4.78, 5) is 30.2. The molecule has 1 aliphatic heterocycles. The van der Waals surface area contributed by atoms with Gasteiger partial charge in [0, 0.05) is 17.6 Å². The summed E-state index contributed by atoms with van der Waals surface area (Å²) < 4.78 is 10.9. The number of pyridine rings is 1. The lowest BCUT2D eigenvalue weighted by molar-refractivity contribution is 0.0157. The average molecular weight is 322 g/mol. The summed E-state index contributed by atoms with van der Waals surface area (Å²) >= 11 is 0. The normalized spacial score (nSPS) is 14.4. The molecular formula is C18H14N2O4. The van der Waals surface area contributed by atoms with Crippen LogP contribution in [-0.2, 0) is 0 Å². The number of fused-ring (bicyclic) bond motifs is 1. The van der Waals surface area contributed by atoms with Gasteiger partial charge in [0.25, 0.3) is 5.91 Å². The minimum atomic E-state index is -0.618. The van der Waals surface area contributed by atoms with Crippen molar-refractivity contribution in [2.24, 2.45) is 0 Å². The zero-order valence-corrected chi connectivity index (χ0v) is 12.7. The number of benzene rings is 1. The highest BCUT2D eigenvalue weighted by atomic mass is 16.5. The van der Waals surface area contributed by atoms with Crippen LogP contribution in [0.15, 0.2) is 63.9 Å². The summed E-state index contributed by atoms with van der Waals surface area (Å²) in [6, 6.07) is 14.1. The summed E-state index contributed by atoms with van der Waals surface area (Å²) in [6.45, 7) is 0.837. The van der Waals surface area contributed by atoms with Crippen LogP contribution >= 0.6 is 0 Å². The number of amides is 1. The van der Waals surface area contributed by atoms with E-state index in [-0.39, 0.29) is 17.6 Å². The van der Waals surface area contributed by atoms with E-state index in [9.17, 15) is 9.59 Å². The zero-order valence-electron chi connectivity index (χ0n) is 12.7. The first-order valence-electron chi connectivity index (χ1n) is 7.60. The van der Waals surface area contributed by atoms with Gasteiger partial charge in [-0.15, -0.1) is 0 Å². The van der Waals surface area contributed by atoms with Crippen molar-refractivity contribution < 1.29 is 13.9 Å². The number of para-hydroxylation sites is 1. The molecule has 1 aromatic carbocycles.